The number of nitrogens with zero attached hydrogens (tertiary/aromatic N) is 2. The van der Waals surface area contributed by atoms with Gasteiger partial charge in [-0.1, -0.05) is 6.08 Å². The lowest BCUT2D eigenvalue weighted by molar-refractivity contribution is 0.0276. The summed E-state index contributed by atoms with van der Waals surface area (Å²) in [6, 6.07) is 5.87. The van der Waals surface area contributed by atoms with Crippen molar-refractivity contribution in [3.05, 3.63) is 41.2 Å². The van der Waals surface area contributed by atoms with Gasteiger partial charge in [-0.25, -0.2) is 9.18 Å². The molecule has 128 valence electrons. The Labute approximate surface area is 141 Å². The smallest absolute Gasteiger partial charge is 0.410 e. The fraction of sp³-hybridized carbons (Fsp3) is 0.444. The molecule has 1 atom stereocenters. The highest BCUT2D eigenvalue weighted by Gasteiger charge is 2.34. The van der Waals surface area contributed by atoms with Crippen LogP contribution in [0.15, 0.2) is 29.8 Å². The highest BCUT2D eigenvalue weighted by Crippen LogP contribution is 2.25. The molecule has 0 N–H and O–H groups in total. The number of benzene rings is 1. The number of halogens is 1. The van der Waals surface area contributed by atoms with Gasteiger partial charge in [0.15, 0.2) is 0 Å². The van der Waals surface area contributed by atoms with Crippen LogP contribution in [0.25, 0.3) is 0 Å². The molecule has 1 unspecified atom stereocenters. The van der Waals surface area contributed by atoms with Crippen LogP contribution in [0, 0.1) is 17.1 Å². The Bertz CT molecular complexity index is 701. The molecule has 0 bridgehead atoms. The van der Waals surface area contributed by atoms with E-state index < -0.39 is 17.5 Å². The summed E-state index contributed by atoms with van der Waals surface area (Å²) in [5, 5.41) is 8.76. The maximum atomic E-state index is 13.7. The molecule has 1 aliphatic heterocycles. The first kappa shape index (κ1) is 17.8. The minimum Gasteiger partial charge on any atom is -0.484 e. The number of allylic oxidation sites excluding steroid dienone is 1. The van der Waals surface area contributed by atoms with Gasteiger partial charge in [0.2, 0.25) is 0 Å². The Morgan fingerprint density at radius 1 is 1.46 bits per heavy atom. The quantitative estimate of drug-likeness (QED) is 0.776. The molecule has 5 nitrogen and oxygen atoms in total. The van der Waals surface area contributed by atoms with Crippen LogP contribution >= 0.6 is 0 Å². The van der Waals surface area contributed by atoms with Gasteiger partial charge in [0.25, 0.3) is 0 Å². The van der Waals surface area contributed by atoms with Gasteiger partial charge < -0.3 is 9.47 Å². The van der Waals surface area contributed by atoms with Crippen molar-refractivity contribution in [1.82, 2.24) is 4.90 Å². The van der Waals surface area contributed by atoms with Crippen LogP contribution in [-0.4, -0.2) is 35.8 Å². The lowest BCUT2D eigenvalue weighted by atomic mass is 10.2. The highest BCUT2D eigenvalue weighted by molar-refractivity contribution is 5.69. The molecule has 24 heavy (non-hydrogen) atoms. The van der Waals surface area contributed by atoms with E-state index in [0.29, 0.717) is 18.8 Å². The summed E-state index contributed by atoms with van der Waals surface area (Å²) < 4.78 is 24.9. The van der Waals surface area contributed by atoms with E-state index >= 15 is 0 Å². The molecule has 1 aliphatic rings. The third-order valence-electron chi connectivity index (χ3n) is 3.54. The first-order valence-electron chi connectivity index (χ1n) is 7.73. The van der Waals surface area contributed by atoms with Gasteiger partial charge in [0.1, 0.15) is 29.3 Å². The van der Waals surface area contributed by atoms with E-state index in [4.69, 9.17) is 14.7 Å². The number of ether oxygens (including phenoxy) is 2. The molecular formula is C18H21FN2O3. The Hall–Kier alpha value is -2.55. The fourth-order valence-electron chi connectivity index (χ4n) is 2.38. The molecule has 0 spiro atoms. The average molecular weight is 332 g/mol. The van der Waals surface area contributed by atoms with E-state index in [9.17, 15) is 9.18 Å². The van der Waals surface area contributed by atoms with E-state index in [0.717, 1.165) is 5.57 Å². The Morgan fingerprint density at radius 2 is 2.17 bits per heavy atom. The predicted octanol–water partition coefficient (Wildman–Crippen LogP) is 3.64. The summed E-state index contributed by atoms with van der Waals surface area (Å²) in [5.74, 6) is -0.305. The lowest BCUT2D eigenvalue weighted by Gasteiger charge is -2.24. The van der Waals surface area contributed by atoms with E-state index in [-0.39, 0.29) is 11.7 Å². The Balaban J connectivity index is 2.09. The van der Waals surface area contributed by atoms with Crippen molar-refractivity contribution in [3.8, 4) is 11.8 Å². The van der Waals surface area contributed by atoms with Crippen LogP contribution in [0.2, 0.25) is 0 Å². The van der Waals surface area contributed by atoms with Gasteiger partial charge in [-0.15, -0.1) is 0 Å². The summed E-state index contributed by atoms with van der Waals surface area (Å²) >= 11 is 0. The van der Waals surface area contributed by atoms with Gasteiger partial charge in [0.05, 0.1) is 12.1 Å². The Morgan fingerprint density at radius 3 is 2.71 bits per heavy atom. The van der Waals surface area contributed by atoms with Crippen LogP contribution in [-0.2, 0) is 4.74 Å². The lowest BCUT2D eigenvalue weighted by Crippen LogP contribution is -2.36. The minimum atomic E-state index is -0.626. The van der Waals surface area contributed by atoms with Crippen molar-refractivity contribution in [2.75, 3.05) is 13.1 Å². The van der Waals surface area contributed by atoms with Gasteiger partial charge in [0, 0.05) is 12.6 Å². The largest absolute Gasteiger partial charge is 0.484 e. The molecule has 1 fully saturated rings. The summed E-state index contributed by atoms with van der Waals surface area (Å²) in [6.45, 7) is 8.04. The van der Waals surface area contributed by atoms with Crippen LogP contribution in [0.5, 0.6) is 5.75 Å². The van der Waals surface area contributed by atoms with Crippen molar-refractivity contribution in [2.24, 2.45) is 0 Å². The van der Waals surface area contributed by atoms with Crippen LogP contribution in [0.3, 0.4) is 0 Å². The van der Waals surface area contributed by atoms with E-state index in [1.165, 1.54) is 12.1 Å². The van der Waals surface area contributed by atoms with Crippen LogP contribution in [0.1, 0.15) is 33.3 Å². The minimum absolute atomic E-state index is 0.0320. The number of carbonyl (C=O) groups excluding carboxylic acids is 1. The van der Waals surface area contributed by atoms with E-state index in [1.54, 1.807) is 17.0 Å². The van der Waals surface area contributed by atoms with E-state index in [1.807, 2.05) is 33.8 Å². The zero-order valence-corrected chi connectivity index (χ0v) is 14.3. The number of likely N-dealkylation sites (tertiary alicyclic amines) is 1. The molecule has 0 aromatic heterocycles. The standard InChI is InChI=1S/C18H21FN2O3/c1-5-12-10-21(17(22)24-18(2,3)4)11-16(12)23-14-7-6-13(9-20)15(19)8-14/h5-8,16H,10-11H2,1-4H3/b12-5+. The molecule has 1 aromatic carbocycles. The SMILES string of the molecule is C/C=C1\CN(C(=O)OC(C)(C)C)CC1Oc1ccc(C#N)c(F)c1. The first-order chi connectivity index (χ1) is 11.2. The molecule has 0 aliphatic carbocycles. The first-order valence-corrected chi connectivity index (χ1v) is 7.73. The topological polar surface area (TPSA) is 62.6 Å². The number of nitriles is 1. The second-order valence-corrected chi connectivity index (χ2v) is 6.58. The van der Waals surface area contributed by atoms with Gasteiger partial charge >= 0.3 is 6.09 Å². The fourth-order valence-corrected chi connectivity index (χ4v) is 2.38. The van der Waals surface area contributed by atoms with Crippen LogP contribution < -0.4 is 4.74 Å². The maximum Gasteiger partial charge on any atom is 0.410 e. The van der Waals surface area contributed by atoms with Crippen molar-refractivity contribution in [2.45, 2.75) is 39.4 Å². The normalized spacial score (nSPS) is 19.2. The molecule has 0 saturated carbocycles. The van der Waals surface area contributed by atoms with Crippen molar-refractivity contribution in [1.29, 1.82) is 5.26 Å². The second-order valence-electron chi connectivity index (χ2n) is 6.58. The molecule has 1 amide bonds. The molecule has 6 heteroatoms. The van der Waals surface area contributed by atoms with Gasteiger partial charge in [-0.2, -0.15) is 5.26 Å². The zero-order valence-electron chi connectivity index (χ0n) is 14.3. The van der Waals surface area contributed by atoms with Gasteiger partial charge in [-0.3, -0.25) is 4.90 Å². The molecular weight excluding hydrogens is 311 g/mol. The maximum absolute atomic E-state index is 13.7. The van der Waals surface area contributed by atoms with E-state index in [2.05, 4.69) is 0 Å². The highest BCUT2D eigenvalue weighted by atomic mass is 19.1. The second kappa shape index (κ2) is 6.91. The molecule has 1 saturated heterocycles. The van der Waals surface area contributed by atoms with Crippen molar-refractivity contribution in [3.63, 3.8) is 0 Å². The summed E-state index contributed by atoms with van der Waals surface area (Å²) in [6.07, 6.45) is 1.11. The third-order valence-corrected chi connectivity index (χ3v) is 3.54. The summed E-state index contributed by atoms with van der Waals surface area (Å²) in [5.41, 5.74) is 0.323. The Kier molecular flexibility index (Phi) is 5.13. The molecule has 1 heterocycles. The number of hydrogen-bond acceptors (Lipinski definition) is 4. The summed E-state index contributed by atoms with van der Waals surface area (Å²) in [7, 11) is 0. The molecule has 1 aromatic rings. The third kappa shape index (κ3) is 4.25. The number of rotatable bonds is 2. The molecule has 2 rings (SSSR count). The van der Waals surface area contributed by atoms with Crippen molar-refractivity contribution >= 4 is 6.09 Å². The number of hydrogen-bond donors (Lipinski definition) is 0. The predicted molar refractivity (Wildman–Crippen MR) is 87.1 cm³/mol. The summed E-state index contributed by atoms with van der Waals surface area (Å²) in [4.78, 5) is 13.7. The average Bonchev–Trinajstić information content (AvgIpc) is 2.89. The molecule has 0 radical (unpaired) electrons. The monoisotopic (exact) mass is 332 g/mol. The van der Waals surface area contributed by atoms with Crippen molar-refractivity contribution < 1.29 is 18.7 Å². The zero-order chi connectivity index (χ0) is 17.9. The van der Waals surface area contributed by atoms with Gasteiger partial charge in [-0.05, 0) is 45.4 Å². The van der Waals surface area contributed by atoms with Crippen LogP contribution in [0.4, 0.5) is 9.18 Å². The number of carbonyl (C=O) groups is 1. The number of amides is 1.